The van der Waals surface area contributed by atoms with Crippen molar-refractivity contribution in [1.29, 1.82) is 0 Å². The summed E-state index contributed by atoms with van der Waals surface area (Å²) < 4.78 is 20.9. The van der Waals surface area contributed by atoms with E-state index in [9.17, 15) is 9.59 Å². The van der Waals surface area contributed by atoms with Gasteiger partial charge < -0.3 is 18.9 Å². The highest BCUT2D eigenvalue weighted by molar-refractivity contribution is 5.66. The first-order chi connectivity index (χ1) is 7.56. The summed E-state index contributed by atoms with van der Waals surface area (Å²) in [5.74, 6) is -0.773. The third-order valence-corrected chi connectivity index (χ3v) is 2.55. The molecule has 2 bridgehead atoms. The molecule has 6 heteroatoms. The van der Waals surface area contributed by atoms with Gasteiger partial charge in [-0.1, -0.05) is 0 Å². The third kappa shape index (κ3) is 2.33. The summed E-state index contributed by atoms with van der Waals surface area (Å²) >= 11 is 0. The first kappa shape index (κ1) is 11.3. The summed E-state index contributed by atoms with van der Waals surface area (Å²) in [4.78, 5) is 21.8. The fourth-order valence-electron chi connectivity index (χ4n) is 1.98. The first-order valence-corrected chi connectivity index (χ1v) is 5.18. The topological polar surface area (TPSA) is 71.1 Å². The van der Waals surface area contributed by atoms with Crippen molar-refractivity contribution in [3.05, 3.63) is 0 Å². The van der Waals surface area contributed by atoms with Crippen LogP contribution in [0, 0.1) is 0 Å². The minimum atomic E-state index is -0.527. The van der Waals surface area contributed by atoms with Crippen LogP contribution < -0.4 is 0 Å². The van der Waals surface area contributed by atoms with Crippen LogP contribution >= 0.6 is 0 Å². The Balaban J connectivity index is 2.00. The van der Waals surface area contributed by atoms with E-state index in [1.807, 2.05) is 0 Å². The smallest absolute Gasteiger partial charge is 0.303 e. The van der Waals surface area contributed by atoms with E-state index in [1.165, 1.54) is 13.8 Å². The maximum atomic E-state index is 10.9. The highest BCUT2D eigenvalue weighted by Crippen LogP contribution is 2.31. The van der Waals surface area contributed by atoms with Gasteiger partial charge in [0, 0.05) is 20.3 Å². The Morgan fingerprint density at radius 1 is 1.12 bits per heavy atom. The summed E-state index contributed by atoms with van der Waals surface area (Å²) in [5, 5.41) is 0. The van der Waals surface area contributed by atoms with Gasteiger partial charge in [-0.25, -0.2) is 0 Å². The number of esters is 2. The second-order valence-electron chi connectivity index (χ2n) is 3.91. The van der Waals surface area contributed by atoms with Crippen LogP contribution in [0.5, 0.6) is 0 Å². The fourth-order valence-corrected chi connectivity index (χ4v) is 1.98. The molecule has 2 rings (SSSR count). The lowest BCUT2D eigenvalue weighted by atomic mass is 10.0. The van der Waals surface area contributed by atoms with Gasteiger partial charge in [-0.3, -0.25) is 9.59 Å². The van der Waals surface area contributed by atoms with E-state index in [1.54, 1.807) is 0 Å². The molecule has 0 aromatic heterocycles. The molecule has 0 unspecified atom stereocenters. The van der Waals surface area contributed by atoms with Crippen molar-refractivity contribution in [3.63, 3.8) is 0 Å². The van der Waals surface area contributed by atoms with Crippen molar-refractivity contribution in [1.82, 2.24) is 0 Å². The molecule has 0 amide bonds. The Morgan fingerprint density at radius 2 is 1.75 bits per heavy atom. The number of carbonyl (C=O) groups is 2. The molecule has 6 nitrogen and oxygen atoms in total. The van der Waals surface area contributed by atoms with Crippen molar-refractivity contribution in [3.8, 4) is 0 Å². The molecule has 0 aromatic rings. The van der Waals surface area contributed by atoms with E-state index in [-0.39, 0.29) is 12.1 Å². The zero-order valence-corrected chi connectivity index (χ0v) is 9.17. The average molecular weight is 230 g/mol. The van der Waals surface area contributed by atoms with Gasteiger partial charge in [-0.05, 0) is 0 Å². The Kier molecular flexibility index (Phi) is 3.11. The summed E-state index contributed by atoms with van der Waals surface area (Å²) in [7, 11) is 0. The standard InChI is InChI=1S/C10H14O6/c1-5(11)14-7-3-8(15-6(2)12)10-13-4-9(7)16-10/h7-10H,3-4H2,1-2H3/t7-,8+,9+,10+/m0/s1. The Morgan fingerprint density at radius 3 is 2.38 bits per heavy atom. The molecular formula is C10H14O6. The van der Waals surface area contributed by atoms with Gasteiger partial charge in [-0.2, -0.15) is 0 Å². The summed E-state index contributed by atoms with van der Waals surface area (Å²) in [6, 6.07) is 0. The van der Waals surface area contributed by atoms with Crippen molar-refractivity contribution in [2.45, 2.75) is 44.9 Å². The highest BCUT2D eigenvalue weighted by atomic mass is 16.8. The van der Waals surface area contributed by atoms with E-state index >= 15 is 0 Å². The van der Waals surface area contributed by atoms with Gasteiger partial charge in [0.25, 0.3) is 0 Å². The minimum Gasteiger partial charge on any atom is -0.460 e. The predicted octanol–water partition coefficient (Wildman–Crippen LogP) is -0.00500. The quantitative estimate of drug-likeness (QED) is 0.621. The number of hydrogen-bond donors (Lipinski definition) is 0. The van der Waals surface area contributed by atoms with Crippen LogP contribution in [0.3, 0.4) is 0 Å². The summed E-state index contributed by atoms with van der Waals surface area (Å²) in [6.45, 7) is 3.02. The predicted molar refractivity (Wildman–Crippen MR) is 50.3 cm³/mol. The summed E-state index contributed by atoms with van der Waals surface area (Å²) in [5.41, 5.74) is 0. The molecule has 0 N–H and O–H groups in total. The van der Waals surface area contributed by atoms with Crippen LogP contribution in [-0.2, 0) is 28.5 Å². The molecule has 2 saturated heterocycles. The SMILES string of the molecule is CC(=O)O[C@H]1C[C@@H](OC(C)=O)[C@@H]2OC[C@H]1O2. The van der Waals surface area contributed by atoms with Gasteiger partial charge in [0.05, 0.1) is 6.61 Å². The van der Waals surface area contributed by atoms with Crippen molar-refractivity contribution in [2.75, 3.05) is 6.61 Å². The summed E-state index contributed by atoms with van der Waals surface area (Å²) in [6.07, 6.45) is -1.25. The molecule has 0 radical (unpaired) electrons. The molecular weight excluding hydrogens is 216 g/mol. The van der Waals surface area contributed by atoms with Gasteiger partial charge in [-0.15, -0.1) is 0 Å². The van der Waals surface area contributed by atoms with Crippen LogP contribution in [0.4, 0.5) is 0 Å². The number of fused-ring (bicyclic) bond motifs is 2. The molecule has 2 aliphatic rings. The third-order valence-electron chi connectivity index (χ3n) is 2.55. The number of carbonyl (C=O) groups excluding carboxylic acids is 2. The molecule has 0 spiro atoms. The molecule has 2 aliphatic heterocycles. The van der Waals surface area contributed by atoms with E-state index in [4.69, 9.17) is 18.9 Å². The van der Waals surface area contributed by atoms with Gasteiger partial charge in [0.15, 0.2) is 12.4 Å². The minimum absolute atomic E-state index is 0.249. The van der Waals surface area contributed by atoms with Crippen LogP contribution in [0.1, 0.15) is 20.3 Å². The monoisotopic (exact) mass is 230 g/mol. The van der Waals surface area contributed by atoms with Gasteiger partial charge >= 0.3 is 11.9 Å². The van der Waals surface area contributed by atoms with Gasteiger partial charge in [0.2, 0.25) is 0 Å². The van der Waals surface area contributed by atoms with E-state index in [2.05, 4.69) is 0 Å². The molecule has 2 heterocycles. The fraction of sp³-hybridized carbons (Fsp3) is 0.800. The number of ether oxygens (including phenoxy) is 4. The van der Waals surface area contributed by atoms with Crippen LogP contribution in [0.15, 0.2) is 0 Å². The largest absolute Gasteiger partial charge is 0.460 e. The van der Waals surface area contributed by atoms with Crippen LogP contribution in [0.2, 0.25) is 0 Å². The second-order valence-corrected chi connectivity index (χ2v) is 3.91. The Hall–Kier alpha value is -1.14. The lowest BCUT2D eigenvalue weighted by Gasteiger charge is -2.32. The number of hydrogen-bond acceptors (Lipinski definition) is 6. The Labute approximate surface area is 92.8 Å². The molecule has 0 saturated carbocycles. The first-order valence-electron chi connectivity index (χ1n) is 5.18. The normalized spacial score (nSPS) is 36.9. The average Bonchev–Trinajstić information content (AvgIpc) is 2.57. The van der Waals surface area contributed by atoms with E-state index in [0.29, 0.717) is 13.0 Å². The molecule has 0 aliphatic carbocycles. The maximum Gasteiger partial charge on any atom is 0.303 e. The van der Waals surface area contributed by atoms with Crippen LogP contribution in [0.25, 0.3) is 0 Å². The highest BCUT2D eigenvalue weighted by Gasteiger charge is 2.47. The van der Waals surface area contributed by atoms with Crippen molar-refractivity contribution < 1.29 is 28.5 Å². The number of rotatable bonds is 2. The molecule has 90 valence electrons. The zero-order chi connectivity index (χ0) is 11.7. The lowest BCUT2D eigenvalue weighted by molar-refractivity contribution is -0.208. The zero-order valence-electron chi connectivity index (χ0n) is 9.17. The van der Waals surface area contributed by atoms with Crippen LogP contribution in [-0.4, -0.2) is 43.1 Å². The molecule has 16 heavy (non-hydrogen) atoms. The lowest BCUT2D eigenvalue weighted by Crippen LogP contribution is -2.45. The van der Waals surface area contributed by atoms with E-state index in [0.717, 1.165) is 0 Å². The second kappa shape index (κ2) is 4.39. The van der Waals surface area contributed by atoms with Gasteiger partial charge in [0.1, 0.15) is 12.2 Å². The van der Waals surface area contributed by atoms with E-state index < -0.39 is 24.5 Å². The molecule has 4 atom stereocenters. The Bertz CT molecular complexity index is 274. The maximum absolute atomic E-state index is 10.9. The van der Waals surface area contributed by atoms with Crippen molar-refractivity contribution >= 4 is 11.9 Å². The van der Waals surface area contributed by atoms with Crippen molar-refractivity contribution in [2.24, 2.45) is 0 Å². The molecule has 2 fully saturated rings. The molecule has 0 aromatic carbocycles.